The van der Waals surface area contributed by atoms with Crippen LogP contribution in [-0.2, 0) is 6.42 Å². The van der Waals surface area contributed by atoms with Crippen LogP contribution in [0.25, 0.3) is 10.9 Å². The molecule has 96 valence electrons. The quantitative estimate of drug-likeness (QED) is 0.717. The zero-order valence-electron chi connectivity index (χ0n) is 10.1. The fourth-order valence-electron chi connectivity index (χ4n) is 1.92. The minimum Gasteiger partial charge on any atom is -0.369 e. The number of H-pyrrole nitrogens is 1. The Morgan fingerprint density at radius 3 is 2.95 bits per heavy atom. The van der Waals surface area contributed by atoms with Crippen molar-refractivity contribution in [3.05, 3.63) is 47.8 Å². The van der Waals surface area contributed by atoms with Crippen LogP contribution in [0.5, 0.6) is 0 Å². The molecule has 2 N–H and O–H groups in total. The van der Waals surface area contributed by atoms with Gasteiger partial charge in [-0.05, 0) is 23.7 Å². The molecule has 0 saturated carbocycles. The topological polar surface area (TPSA) is 66.5 Å². The van der Waals surface area contributed by atoms with Crippen LogP contribution in [-0.4, -0.2) is 26.5 Å². The summed E-state index contributed by atoms with van der Waals surface area (Å²) in [5, 5.41) is 4.50. The number of anilines is 1. The van der Waals surface area contributed by atoms with E-state index in [0.717, 1.165) is 35.4 Å². The molecular formula is C13H12ClN5. The Bertz CT molecular complexity index is 681. The third-order valence-electron chi connectivity index (χ3n) is 2.82. The molecule has 0 radical (unpaired) electrons. The van der Waals surface area contributed by atoms with Gasteiger partial charge in [0, 0.05) is 30.2 Å². The number of aromatic nitrogens is 4. The Hall–Kier alpha value is -2.14. The molecule has 19 heavy (non-hydrogen) atoms. The van der Waals surface area contributed by atoms with Crippen molar-refractivity contribution in [2.45, 2.75) is 6.42 Å². The van der Waals surface area contributed by atoms with E-state index in [1.807, 2.05) is 30.5 Å². The maximum Gasteiger partial charge on any atom is 0.224 e. The lowest BCUT2D eigenvalue weighted by molar-refractivity contribution is 0.968. The number of halogens is 1. The van der Waals surface area contributed by atoms with E-state index in [4.69, 9.17) is 11.6 Å². The van der Waals surface area contributed by atoms with Crippen LogP contribution in [0.4, 0.5) is 5.82 Å². The van der Waals surface area contributed by atoms with Crippen LogP contribution in [0.15, 0.2) is 36.8 Å². The van der Waals surface area contributed by atoms with Crippen molar-refractivity contribution >= 4 is 28.3 Å². The number of rotatable bonds is 4. The maximum atomic E-state index is 5.92. The summed E-state index contributed by atoms with van der Waals surface area (Å²) >= 11 is 5.92. The summed E-state index contributed by atoms with van der Waals surface area (Å²) in [7, 11) is 0. The van der Waals surface area contributed by atoms with Crippen LogP contribution in [0.1, 0.15) is 5.69 Å². The number of fused-ring (bicyclic) bond motifs is 1. The molecule has 0 saturated heterocycles. The fourth-order valence-corrected chi connectivity index (χ4v) is 2.10. The molecule has 2 aromatic heterocycles. The molecule has 0 aliphatic heterocycles. The van der Waals surface area contributed by atoms with Crippen molar-refractivity contribution in [2.75, 3.05) is 11.9 Å². The Kier molecular flexibility index (Phi) is 3.29. The average molecular weight is 274 g/mol. The Morgan fingerprint density at radius 2 is 2.11 bits per heavy atom. The second-order valence-corrected chi connectivity index (χ2v) is 4.45. The Labute approximate surface area is 115 Å². The fraction of sp³-hybridized carbons (Fsp3) is 0.154. The van der Waals surface area contributed by atoms with Crippen molar-refractivity contribution < 1.29 is 0 Å². The predicted molar refractivity (Wildman–Crippen MR) is 75.3 cm³/mol. The first kappa shape index (κ1) is 11.9. The molecule has 5 nitrogen and oxygen atoms in total. The summed E-state index contributed by atoms with van der Waals surface area (Å²) in [5.41, 5.74) is 1.92. The van der Waals surface area contributed by atoms with E-state index in [-0.39, 0.29) is 5.28 Å². The minimum atomic E-state index is 0.253. The number of aromatic amines is 1. The molecule has 3 rings (SSSR count). The summed E-state index contributed by atoms with van der Waals surface area (Å²) < 4.78 is 0. The van der Waals surface area contributed by atoms with Crippen LogP contribution >= 0.6 is 11.6 Å². The third-order valence-corrected chi connectivity index (χ3v) is 2.99. The molecule has 0 fully saturated rings. The molecule has 0 amide bonds. The lowest BCUT2D eigenvalue weighted by Gasteiger charge is -2.08. The zero-order valence-corrected chi connectivity index (χ0v) is 10.9. The first-order valence-corrected chi connectivity index (χ1v) is 6.34. The average Bonchev–Trinajstić information content (AvgIpc) is 2.91. The number of nitrogens with zero attached hydrogens (tertiary/aromatic N) is 3. The van der Waals surface area contributed by atoms with Gasteiger partial charge in [0.15, 0.2) is 0 Å². The minimum absolute atomic E-state index is 0.253. The van der Waals surface area contributed by atoms with Crippen molar-refractivity contribution in [3.63, 3.8) is 0 Å². The second kappa shape index (κ2) is 5.24. The SMILES string of the molecule is Clc1nc(NCCc2cnc[nH]2)c2ccccc2n1. The molecule has 0 aliphatic carbocycles. The highest BCUT2D eigenvalue weighted by Gasteiger charge is 2.05. The smallest absolute Gasteiger partial charge is 0.224 e. The number of imidazole rings is 1. The number of hydrogen-bond donors (Lipinski definition) is 2. The molecule has 0 spiro atoms. The van der Waals surface area contributed by atoms with E-state index in [1.54, 1.807) is 6.33 Å². The molecule has 0 bridgehead atoms. The van der Waals surface area contributed by atoms with Crippen molar-refractivity contribution in [1.82, 2.24) is 19.9 Å². The lowest BCUT2D eigenvalue weighted by atomic mass is 10.2. The Balaban J connectivity index is 1.80. The van der Waals surface area contributed by atoms with Gasteiger partial charge in [-0.3, -0.25) is 0 Å². The van der Waals surface area contributed by atoms with Gasteiger partial charge in [0.2, 0.25) is 5.28 Å². The summed E-state index contributed by atoms with van der Waals surface area (Å²) in [5.74, 6) is 0.759. The van der Waals surface area contributed by atoms with Crippen molar-refractivity contribution in [2.24, 2.45) is 0 Å². The van der Waals surface area contributed by atoms with Gasteiger partial charge in [-0.25, -0.2) is 15.0 Å². The second-order valence-electron chi connectivity index (χ2n) is 4.11. The molecular weight excluding hydrogens is 262 g/mol. The highest BCUT2D eigenvalue weighted by molar-refractivity contribution is 6.28. The maximum absolute atomic E-state index is 5.92. The normalized spacial score (nSPS) is 10.8. The van der Waals surface area contributed by atoms with Crippen LogP contribution in [0, 0.1) is 0 Å². The van der Waals surface area contributed by atoms with Crippen LogP contribution in [0.3, 0.4) is 0 Å². The van der Waals surface area contributed by atoms with Gasteiger partial charge in [-0.15, -0.1) is 0 Å². The van der Waals surface area contributed by atoms with E-state index in [2.05, 4.69) is 25.3 Å². The molecule has 0 unspecified atom stereocenters. The van der Waals surface area contributed by atoms with Gasteiger partial charge < -0.3 is 10.3 Å². The zero-order chi connectivity index (χ0) is 13.1. The summed E-state index contributed by atoms with van der Waals surface area (Å²) in [6, 6.07) is 7.78. The molecule has 2 heterocycles. The molecule has 0 atom stereocenters. The summed E-state index contributed by atoms with van der Waals surface area (Å²) in [6.07, 6.45) is 4.33. The first-order valence-electron chi connectivity index (χ1n) is 5.96. The highest BCUT2D eigenvalue weighted by Crippen LogP contribution is 2.21. The first-order chi connectivity index (χ1) is 9.33. The van der Waals surface area contributed by atoms with Crippen molar-refractivity contribution in [3.8, 4) is 0 Å². The van der Waals surface area contributed by atoms with E-state index < -0.39 is 0 Å². The highest BCUT2D eigenvalue weighted by atomic mass is 35.5. The number of benzene rings is 1. The summed E-state index contributed by atoms with van der Waals surface area (Å²) in [4.78, 5) is 15.5. The Morgan fingerprint density at radius 1 is 1.21 bits per heavy atom. The van der Waals surface area contributed by atoms with Gasteiger partial charge in [-0.2, -0.15) is 0 Å². The van der Waals surface area contributed by atoms with E-state index in [1.165, 1.54) is 0 Å². The lowest BCUT2D eigenvalue weighted by Crippen LogP contribution is -2.07. The molecule has 1 aromatic carbocycles. The molecule has 6 heteroatoms. The van der Waals surface area contributed by atoms with E-state index in [0.29, 0.717) is 0 Å². The summed E-state index contributed by atoms with van der Waals surface area (Å²) in [6.45, 7) is 0.750. The van der Waals surface area contributed by atoms with Crippen LogP contribution in [0.2, 0.25) is 5.28 Å². The van der Waals surface area contributed by atoms with Gasteiger partial charge in [0.05, 0.1) is 11.8 Å². The molecule has 3 aromatic rings. The van der Waals surface area contributed by atoms with Crippen molar-refractivity contribution in [1.29, 1.82) is 0 Å². The largest absolute Gasteiger partial charge is 0.369 e. The number of para-hydroxylation sites is 1. The number of hydrogen-bond acceptors (Lipinski definition) is 4. The van der Waals surface area contributed by atoms with Gasteiger partial charge in [-0.1, -0.05) is 12.1 Å². The monoisotopic (exact) mass is 273 g/mol. The van der Waals surface area contributed by atoms with E-state index >= 15 is 0 Å². The van der Waals surface area contributed by atoms with Gasteiger partial charge in [0.1, 0.15) is 5.82 Å². The van der Waals surface area contributed by atoms with Crippen LogP contribution < -0.4 is 5.32 Å². The predicted octanol–water partition coefficient (Wildman–Crippen LogP) is 2.66. The van der Waals surface area contributed by atoms with Gasteiger partial charge >= 0.3 is 0 Å². The van der Waals surface area contributed by atoms with E-state index in [9.17, 15) is 0 Å². The third kappa shape index (κ3) is 2.66. The van der Waals surface area contributed by atoms with Gasteiger partial charge in [0.25, 0.3) is 0 Å². The standard InChI is InChI=1S/C13H12ClN5/c14-13-18-11-4-2-1-3-10(11)12(19-13)16-6-5-9-7-15-8-17-9/h1-4,7-8H,5-6H2,(H,15,17)(H,16,18,19). The number of nitrogens with one attached hydrogen (secondary N) is 2. The molecule has 0 aliphatic rings.